The molecular formula is C14H13F2NO. The number of aldehydes is 1. The van der Waals surface area contributed by atoms with Crippen LogP contribution >= 0.6 is 0 Å². The van der Waals surface area contributed by atoms with Crippen LogP contribution in [0.15, 0.2) is 31.0 Å². The number of rotatable bonds is 5. The molecule has 0 atom stereocenters. The zero-order chi connectivity index (χ0) is 13.1. The Balaban J connectivity index is 2.14. The molecular weight excluding hydrogens is 236 g/mol. The van der Waals surface area contributed by atoms with Gasteiger partial charge < -0.3 is 5.32 Å². The van der Waals surface area contributed by atoms with Gasteiger partial charge in [0.05, 0.1) is 5.56 Å². The summed E-state index contributed by atoms with van der Waals surface area (Å²) in [6.07, 6.45) is 5.85. The maximum Gasteiger partial charge on any atom is 0.155 e. The van der Waals surface area contributed by atoms with Crippen molar-refractivity contribution in [1.82, 2.24) is 5.32 Å². The summed E-state index contributed by atoms with van der Waals surface area (Å²) in [7, 11) is 0. The Labute approximate surface area is 104 Å². The first-order valence-corrected chi connectivity index (χ1v) is 5.68. The summed E-state index contributed by atoms with van der Waals surface area (Å²) in [5.74, 6) is -1.74. The van der Waals surface area contributed by atoms with E-state index < -0.39 is 17.2 Å². The van der Waals surface area contributed by atoms with E-state index in [-0.39, 0.29) is 6.29 Å². The van der Waals surface area contributed by atoms with Crippen LogP contribution in [0.5, 0.6) is 0 Å². The summed E-state index contributed by atoms with van der Waals surface area (Å²) in [6.45, 7) is 3.73. The largest absolute Gasteiger partial charge is 0.388 e. The van der Waals surface area contributed by atoms with Gasteiger partial charge in [0.25, 0.3) is 0 Å². The summed E-state index contributed by atoms with van der Waals surface area (Å²) in [5.41, 5.74) is 0.259. The minimum absolute atomic E-state index is 0.168. The van der Waals surface area contributed by atoms with Gasteiger partial charge in [0.2, 0.25) is 0 Å². The van der Waals surface area contributed by atoms with E-state index in [2.05, 4.69) is 11.9 Å². The molecule has 2 nitrogen and oxygen atoms in total. The molecule has 0 aliphatic heterocycles. The van der Waals surface area contributed by atoms with Gasteiger partial charge in [-0.25, -0.2) is 8.78 Å². The first-order valence-electron chi connectivity index (χ1n) is 5.68. The van der Waals surface area contributed by atoms with Crippen LogP contribution in [-0.4, -0.2) is 12.3 Å². The van der Waals surface area contributed by atoms with Gasteiger partial charge in [0.15, 0.2) is 6.29 Å². The summed E-state index contributed by atoms with van der Waals surface area (Å²) in [5, 5.41) is 3.12. The van der Waals surface area contributed by atoms with Gasteiger partial charge in [-0.15, -0.1) is 0 Å². The molecule has 1 N–H and O–H groups in total. The molecule has 0 bridgehead atoms. The highest BCUT2D eigenvalue weighted by Gasteiger charge is 2.18. The zero-order valence-corrected chi connectivity index (χ0v) is 9.75. The van der Waals surface area contributed by atoms with Crippen LogP contribution in [0.1, 0.15) is 28.8 Å². The number of allylic oxidation sites excluding steroid dienone is 2. The van der Waals surface area contributed by atoms with Crippen LogP contribution in [0.25, 0.3) is 5.57 Å². The van der Waals surface area contributed by atoms with Crippen molar-refractivity contribution in [3.8, 4) is 0 Å². The van der Waals surface area contributed by atoms with Crippen molar-refractivity contribution in [3.05, 3.63) is 53.7 Å². The van der Waals surface area contributed by atoms with E-state index in [4.69, 9.17) is 0 Å². The van der Waals surface area contributed by atoms with Gasteiger partial charge in [-0.1, -0.05) is 6.58 Å². The molecule has 18 heavy (non-hydrogen) atoms. The molecule has 1 aromatic rings. The molecule has 1 saturated carbocycles. The van der Waals surface area contributed by atoms with Gasteiger partial charge in [0.1, 0.15) is 11.6 Å². The molecule has 0 saturated heterocycles. The van der Waals surface area contributed by atoms with Gasteiger partial charge in [-0.2, -0.15) is 0 Å². The second kappa shape index (κ2) is 5.12. The van der Waals surface area contributed by atoms with E-state index in [9.17, 15) is 13.6 Å². The number of hydrogen-bond donors (Lipinski definition) is 1. The lowest BCUT2D eigenvalue weighted by molar-refractivity contribution is 0.111. The van der Waals surface area contributed by atoms with E-state index in [0.29, 0.717) is 17.2 Å². The van der Waals surface area contributed by atoms with E-state index >= 15 is 0 Å². The highest BCUT2D eigenvalue weighted by molar-refractivity contribution is 5.79. The molecule has 0 unspecified atom stereocenters. The summed E-state index contributed by atoms with van der Waals surface area (Å²) in [6, 6.07) is 2.73. The second-order valence-corrected chi connectivity index (χ2v) is 4.27. The molecule has 0 amide bonds. The third-order valence-electron chi connectivity index (χ3n) is 2.76. The Kier molecular flexibility index (Phi) is 3.55. The number of benzene rings is 1. The summed E-state index contributed by atoms with van der Waals surface area (Å²) < 4.78 is 26.8. The highest BCUT2D eigenvalue weighted by atomic mass is 19.1. The average molecular weight is 249 g/mol. The first kappa shape index (κ1) is 12.5. The van der Waals surface area contributed by atoms with E-state index in [0.717, 1.165) is 25.0 Å². The Hall–Kier alpha value is -1.97. The lowest BCUT2D eigenvalue weighted by Gasteiger charge is -2.04. The molecule has 0 spiro atoms. The van der Waals surface area contributed by atoms with E-state index in [1.165, 1.54) is 0 Å². The highest BCUT2D eigenvalue weighted by Crippen LogP contribution is 2.21. The average Bonchev–Trinajstić information content (AvgIpc) is 3.12. The van der Waals surface area contributed by atoms with E-state index in [1.807, 2.05) is 0 Å². The quantitative estimate of drug-likeness (QED) is 0.642. The summed E-state index contributed by atoms with van der Waals surface area (Å²) in [4.78, 5) is 10.5. The van der Waals surface area contributed by atoms with Crippen molar-refractivity contribution in [2.45, 2.75) is 18.9 Å². The fourth-order valence-electron chi connectivity index (χ4n) is 1.51. The Bertz CT molecular complexity index is 496. The van der Waals surface area contributed by atoms with Gasteiger partial charge in [-0.3, -0.25) is 4.79 Å². The Morgan fingerprint density at radius 1 is 1.33 bits per heavy atom. The SMILES string of the molecule is C=C(/C=C\NC1CC1)c1cc(F)c(C=O)c(F)c1. The van der Waals surface area contributed by atoms with Crippen molar-refractivity contribution in [2.24, 2.45) is 0 Å². The Morgan fingerprint density at radius 2 is 1.94 bits per heavy atom. The van der Waals surface area contributed by atoms with Crippen molar-refractivity contribution in [1.29, 1.82) is 0 Å². The minimum Gasteiger partial charge on any atom is -0.388 e. The normalized spacial score (nSPS) is 14.8. The molecule has 1 aliphatic carbocycles. The predicted molar refractivity (Wildman–Crippen MR) is 66.1 cm³/mol. The molecule has 1 aliphatic rings. The number of halogens is 2. The van der Waals surface area contributed by atoms with Crippen molar-refractivity contribution in [2.75, 3.05) is 0 Å². The molecule has 0 radical (unpaired) electrons. The molecule has 2 rings (SSSR count). The fourth-order valence-corrected chi connectivity index (χ4v) is 1.51. The maximum atomic E-state index is 13.4. The van der Waals surface area contributed by atoms with Gasteiger partial charge in [0, 0.05) is 6.04 Å². The minimum atomic E-state index is -0.871. The maximum absolute atomic E-state index is 13.4. The predicted octanol–water partition coefficient (Wildman–Crippen LogP) is 3.06. The van der Waals surface area contributed by atoms with Crippen LogP contribution in [0.2, 0.25) is 0 Å². The lowest BCUT2D eigenvalue weighted by atomic mass is 10.0. The van der Waals surface area contributed by atoms with Crippen molar-refractivity contribution < 1.29 is 13.6 Å². The summed E-state index contributed by atoms with van der Waals surface area (Å²) >= 11 is 0. The van der Waals surface area contributed by atoms with Crippen LogP contribution in [0, 0.1) is 11.6 Å². The lowest BCUT2D eigenvalue weighted by Crippen LogP contribution is -2.06. The van der Waals surface area contributed by atoms with Crippen LogP contribution in [0.3, 0.4) is 0 Å². The molecule has 1 fully saturated rings. The van der Waals surface area contributed by atoms with Crippen molar-refractivity contribution >= 4 is 11.9 Å². The number of hydrogen-bond acceptors (Lipinski definition) is 2. The standard InChI is InChI=1S/C14H13F2NO/c1-9(4-5-17-11-2-3-11)10-6-13(15)12(8-18)14(16)7-10/h4-8,11,17H,1-3H2/b5-4-. The van der Waals surface area contributed by atoms with Crippen molar-refractivity contribution in [3.63, 3.8) is 0 Å². The third-order valence-corrected chi connectivity index (χ3v) is 2.76. The number of nitrogens with one attached hydrogen (secondary N) is 1. The van der Waals surface area contributed by atoms with E-state index in [1.54, 1.807) is 12.3 Å². The molecule has 94 valence electrons. The number of carbonyl (C=O) groups is 1. The molecule has 1 aromatic carbocycles. The second-order valence-electron chi connectivity index (χ2n) is 4.27. The van der Waals surface area contributed by atoms with Crippen LogP contribution in [0.4, 0.5) is 8.78 Å². The first-order chi connectivity index (χ1) is 8.61. The zero-order valence-electron chi connectivity index (χ0n) is 9.75. The van der Waals surface area contributed by atoms with Gasteiger partial charge in [-0.05, 0) is 48.4 Å². The fraction of sp³-hybridized carbons (Fsp3) is 0.214. The molecule has 0 aromatic heterocycles. The topological polar surface area (TPSA) is 29.1 Å². The Morgan fingerprint density at radius 3 is 2.44 bits per heavy atom. The monoisotopic (exact) mass is 249 g/mol. The number of carbonyl (C=O) groups excluding carboxylic acids is 1. The smallest absolute Gasteiger partial charge is 0.155 e. The molecule has 0 heterocycles. The molecule has 4 heteroatoms. The van der Waals surface area contributed by atoms with Crippen LogP contribution in [-0.2, 0) is 0 Å². The van der Waals surface area contributed by atoms with Crippen LogP contribution < -0.4 is 5.32 Å². The van der Waals surface area contributed by atoms with Gasteiger partial charge >= 0.3 is 0 Å². The third kappa shape index (κ3) is 2.83.